The third-order valence-electron chi connectivity index (χ3n) is 7.10. The number of carbonyl (C=O) groups is 1. The Morgan fingerprint density at radius 2 is 2.03 bits per heavy atom. The SMILES string of the molecule is CC=CC(=CCC)C(C)(C)NC(O)C1=CC=CC(C2C=c3c(C(=O)O)c(-c4ccc(F)cc4)oc3=NC2)C1. The Morgan fingerprint density at radius 3 is 2.68 bits per heavy atom. The van der Waals surface area contributed by atoms with Crippen LogP contribution < -0.4 is 16.1 Å². The zero-order valence-corrected chi connectivity index (χ0v) is 22.2. The molecule has 0 spiro atoms. The number of nitrogens with one attached hydrogen (secondary N) is 1. The van der Waals surface area contributed by atoms with Gasteiger partial charge in [-0.05, 0) is 74.9 Å². The van der Waals surface area contributed by atoms with Crippen LogP contribution in [0.15, 0.2) is 81.3 Å². The minimum absolute atomic E-state index is 0.0262. The molecule has 7 heteroatoms. The molecule has 200 valence electrons. The van der Waals surface area contributed by atoms with Gasteiger partial charge in [0.05, 0.1) is 5.22 Å². The Hall–Kier alpha value is -3.55. The third-order valence-corrected chi connectivity index (χ3v) is 7.10. The number of aliphatic hydroxyl groups excluding tert-OH is 1. The molecule has 0 bridgehead atoms. The van der Waals surface area contributed by atoms with E-state index in [-0.39, 0.29) is 28.7 Å². The fourth-order valence-corrected chi connectivity index (χ4v) is 5.11. The number of aromatic carboxylic acids is 1. The Kier molecular flexibility index (Phi) is 8.29. The van der Waals surface area contributed by atoms with Gasteiger partial charge >= 0.3 is 5.97 Å². The van der Waals surface area contributed by atoms with Gasteiger partial charge in [-0.25, -0.2) is 9.18 Å². The van der Waals surface area contributed by atoms with Crippen molar-refractivity contribution >= 4 is 12.0 Å². The number of rotatable bonds is 9. The first kappa shape index (κ1) is 27.5. The van der Waals surface area contributed by atoms with Crippen LogP contribution in [0.4, 0.5) is 4.39 Å². The van der Waals surface area contributed by atoms with Crippen molar-refractivity contribution in [1.82, 2.24) is 5.32 Å². The van der Waals surface area contributed by atoms with E-state index < -0.39 is 23.6 Å². The van der Waals surface area contributed by atoms with Crippen LogP contribution in [-0.4, -0.2) is 34.5 Å². The first-order chi connectivity index (χ1) is 18.1. The predicted octanol–water partition coefficient (Wildman–Crippen LogP) is 4.92. The lowest BCUT2D eigenvalue weighted by molar-refractivity contribution is 0.0696. The smallest absolute Gasteiger partial charge is 0.340 e. The van der Waals surface area contributed by atoms with Gasteiger partial charge in [0.1, 0.15) is 17.6 Å². The van der Waals surface area contributed by atoms with Gasteiger partial charge in [-0.1, -0.05) is 49.5 Å². The van der Waals surface area contributed by atoms with Crippen molar-refractivity contribution in [2.24, 2.45) is 16.8 Å². The van der Waals surface area contributed by atoms with Gasteiger partial charge < -0.3 is 14.6 Å². The standard InChI is InChI=1S/C31H35FN2O4/c1-5-8-23(9-6-2)31(3,4)34-28(35)21-11-7-10-20(16-21)22-17-25-26(30(36)37)27(38-29(25)33-18-22)19-12-14-24(32)15-13-19/h5,7-15,17,20,22,28,34-35H,6,16,18H2,1-4H3,(H,36,37). The summed E-state index contributed by atoms with van der Waals surface area (Å²) in [7, 11) is 0. The normalized spacial score (nSPS) is 20.5. The van der Waals surface area contributed by atoms with Crippen molar-refractivity contribution in [3.05, 3.63) is 94.0 Å². The van der Waals surface area contributed by atoms with E-state index in [1.807, 2.05) is 31.2 Å². The quantitative estimate of drug-likeness (QED) is 0.324. The highest BCUT2D eigenvalue weighted by Gasteiger charge is 2.30. The fourth-order valence-electron chi connectivity index (χ4n) is 5.11. The minimum atomic E-state index is -1.12. The summed E-state index contributed by atoms with van der Waals surface area (Å²) >= 11 is 0. The monoisotopic (exact) mass is 518 g/mol. The molecule has 1 aliphatic heterocycles. The molecule has 3 atom stereocenters. The van der Waals surface area contributed by atoms with Gasteiger partial charge in [0.2, 0.25) is 5.55 Å². The average molecular weight is 519 g/mol. The van der Waals surface area contributed by atoms with Gasteiger partial charge in [-0.3, -0.25) is 10.3 Å². The number of nitrogens with zero attached hydrogens (tertiary/aromatic N) is 1. The summed E-state index contributed by atoms with van der Waals surface area (Å²) in [5.74, 6) is -1.41. The highest BCUT2D eigenvalue weighted by molar-refractivity contribution is 5.94. The highest BCUT2D eigenvalue weighted by Crippen LogP contribution is 2.31. The summed E-state index contributed by atoms with van der Waals surface area (Å²) < 4.78 is 19.3. The van der Waals surface area contributed by atoms with Crippen molar-refractivity contribution in [3.63, 3.8) is 0 Å². The van der Waals surface area contributed by atoms with Crippen LogP contribution in [0.25, 0.3) is 17.4 Å². The molecule has 0 saturated heterocycles. The Bertz CT molecular complexity index is 1430. The van der Waals surface area contributed by atoms with E-state index in [0.717, 1.165) is 17.6 Å². The lowest BCUT2D eigenvalue weighted by atomic mass is 9.81. The third kappa shape index (κ3) is 5.79. The molecule has 2 aromatic rings. The number of furan rings is 1. The molecular formula is C31H35FN2O4. The van der Waals surface area contributed by atoms with E-state index in [0.29, 0.717) is 23.7 Å². The number of hydrogen-bond acceptors (Lipinski definition) is 5. The van der Waals surface area contributed by atoms with E-state index >= 15 is 0 Å². The Labute approximate surface area is 222 Å². The van der Waals surface area contributed by atoms with Crippen LogP contribution in [0.3, 0.4) is 0 Å². The summed E-state index contributed by atoms with van der Waals surface area (Å²) in [6.45, 7) is 8.60. The molecule has 3 unspecified atom stereocenters. The molecule has 4 rings (SSSR count). The van der Waals surface area contributed by atoms with Gasteiger partial charge in [-0.2, -0.15) is 0 Å². The zero-order chi connectivity index (χ0) is 27.4. The lowest BCUT2D eigenvalue weighted by Crippen LogP contribution is -2.48. The van der Waals surface area contributed by atoms with Crippen molar-refractivity contribution in [1.29, 1.82) is 0 Å². The zero-order valence-electron chi connectivity index (χ0n) is 22.2. The molecule has 0 fully saturated rings. The highest BCUT2D eigenvalue weighted by atomic mass is 19.1. The van der Waals surface area contributed by atoms with E-state index in [2.05, 4.69) is 49.3 Å². The number of halogens is 1. The van der Waals surface area contributed by atoms with Gasteiger partial charge in [0, 0.05) is 23.6 Å². The number of aliphatic hydroxyl groups is 1. The van der Waals surface area contributed by atoms with E-state index in [1.165, 1.54) is 24.3 Å². The molecule has 38 heavy (non-hydrogen) atoms. The predicted molar refractivity (Wildman–Crippen MR) is 146 cm³/mol. The minimum Gasteiger partial charge on any atom is -0.478 e. The number of allylic oxidation sites excluding steroid dienone is 5. The Morgan fingerprint density at radius 1 is 1.29 bits per heavy atom. The van der Waals surface area contributed by atoms with Gasteiger partial charge in [0.15, 0.2) is 5.76 Å². The molecule has 2 heterocycles. The molecule has 3 N–H and O–H groups in total. The lowest BCUT2D eigenvalue weighted by Gasteiger charge is -2.34. The van der Waals surface area contributed by atoms with Crippen molar-refractivity contribution in [2.45, 2.75) is 52.3 Å². The molecule has 6 nitrogen and oxygen atoms in total. The Balaban J connectivity index is 1.57. The van der Waals surface area contributed by atoms with Crippen LogP contribution in [0.2, 0.25) is 0 Å². The first-order valence-corrected chi connectivity index (χ1v) is 13.0. The van der Waals surface area contributed by atoms with Crippen LogP contribution in [0.5, 0.6) is 0 Å². The maximum absolute atomic E-state index is 13.4. The van der Waals surface area contributed by atoms with Crippen LogP contribution in [0, 0.1) is 17.7 Å². The summed E-state index contributed by atoms with van der Waals surface area (Å²) in [6, 6.07) is 5.54. The maximum Gasteiger partial charge on any atom is 0.340 e. The molecular weight excluding hydrogens is 483 g/mol. The summed E-state index contributed by atoms with van der Waals surface area (Å²) in [4.78, 5) is 16.8. The van der Waals surface area contributed by atoms with Crippen molar-refractivity contribution in [2.75, 3.05) is 6.54 Å². The maximum atomic E-state index is 13.4. The number of carboxylic acids is 1. The molecule has 1 aliphatic carbocycles. The second-order valence-corrected chi connectivity index (χ2v) is 10.2. The molecule has 0 radical (unpaired) electrons. The van der Waals surface area contributed by atoms with Gasteiger partial charge in [-0.15, -0.1) is 0 Å². The summed E-state index contributed by atoms with van der Waals surface area (Å²) in [5.41, 5.74) is 2.31. The van der Waals surface area contributed by atoms with Gasteiger partial charge in [0.25, 0.3) is 0 Å². The van der Waals surface area contributed by atoms with Crippen molar-refractivity contribution < 1.29 is 23.8 Å². The molecule has 2 aliphatic rings. The van der Waals surface area contributed by atoms with Crippen LogP contribution in [0.1, 0.15) is 50.9 Å². The molecule has 0 saturated carbocycles. The second-order valence-electron chi connectivity index (χ2n) is 10.2. The second kappa shape index (κ2) is 11.5. The average Bonchev–Trinajstić information content (AvgIpc) is 3.28. The van der Waals surface area contributed by atoms with Crippen molar-refractivity contribution in [3.8, 4) is 11.3 Å². The van der Waals surface area contributed by atoms with E-state index in [1.54, 1.807) is 0 Å². The summed E-state index contributed by atoms with van der Waals surface area (Å²) in [6.07, 6.45) is 14.7. The largest absolute Gasteiger partial charge is 0.478 e. The number of fused-ring (bicyclic) bond motifs is 1. The van der Waals surface area contributed by atoms with Crippen LogP contribution in [-0.2, 0) is 0 Å². The van der Waals surface area contributed by atoms with E-state index in [9.17, 15) is 19.4 Å². The molecule has 1 aromatic heterocycles. The number of hydrogen-bond donors (Lipinski definition) is 3. The molecule has 0 amide bonds. The fraction of sp³-hybridized carbons (Fsp3) is 0.355. The topological polar surface area (TPSA) is 95.1 Å². The van der Waals surface area contributed by atoms with Crippen LogP contribution >= 0.6 is 0 Å². The number of benzene rings is 1. The number of carboxylic acid groups (broad SMARTS) is 1. The van der Waals surface area contributed by atoms with E-state index in [4.69, 9.17) is 4.42 Å². The first-order valence-electron chi connectivity index (χ1n) is 13.0. The summed E-state index contributed by atoms with van der Waals surface area (Å²) in [5, 5.41) is 24.9. The molecule has 1 aromatic carbocycles.